The maximum absolute atomic E-state index is 13.1. The van der Waals surface area contributed by atoms with Crippen LogP contribution >= 0.6 is 0 Å². The Kier molecular flexibility index (Phi) is 6.44. The van der Waals surface area contributed by atoms with E-state index in [1.807, 2.05) is 35.2 Å². The molecule has 1 amide bonds. The van der Waals surface area contributed by atoms with Crippen molar-refractivity contribution in [3.8, 4) is 5.75 Å². The summed E-state index contributed by atoms with van der Waals surface area (Å²) in [6, 6.07) is 12.9. The lowest BCUT2D eigenvalue weighted by atomic mass is 9.88. The molecule has 2 aliphatic heterocycles. The van der Waals surface area contributed by atoms with E-state index in [1.165, 1.54) is 63.7 Å². The molecule has 2 aromatic rings. The SMILES string of the molecule is COc1ccc(CN2CCc3nc(C4CCN(C5CCCCC5)CC4)ccc3C2=O)cc1. The van der Waals surface area contributed by atoms with Crippen molar-refractivity contribution >= 4 is 5.91 Å². The van der Waals surface area contributed by atoms with E-state index in [4.69, 9.17) is 9.72 Å². The molecule has 0 spiro atoms. The average molecular weight is 434 g/mol. The summed E-state index contributed by atoms with van der Waals surface area (Å²) in [5.41, 5.74) is 4.10. The first-order valence-electron chi connectivity index (χ1n) is 12.4. The Bertz CT molecular complexity index is 928. The van der Waals surface area contributed by atoms with Crippen molar-refractivity contribution in [2.75, 3.05) is 26.7 Å². The summed E-state index contributed by atoms with van der Waals surface area (Å²) in [6.07, 6.45) is 10.2. The summed E-state index contributed by atoms with van der Waals surface area (Å²) in [5.74, 6) is 1.48. The van der Waals surface area contributed by atoms with Crippen LogP contribution in [-0.4, -0.2) is 53.5 Å². The number of carbonyl (C=O) groups is 1. The number of ether oxygens (including phenoxy) is 1. The van der Waals surface area contributed by atoms with E-state index < -0.39 is 0 Å². The molecule has 0 unspecified atom stereocenters. The van der Waals surface area contributed by atoms with Gasteiger partial charge < -0.3 is 14.5 Å². The van der Waals surface area contributed by atoms with Crippen LogP contribution in [0.2, 0.25) is 0 Å². The van der Waals surface area contributed by atoms with E-state index in [2.05, 4.69) is 11.0 Å². The first-order valence-corrected chi connectivity index (χ1v) is 12.4. The number of likely N-dealkylation sites (tertiary alicyclic amines) is 1. The predicted molar refractivity (Wildman–Crippen MR) is 126 cm³/mol. The lowest BCUT2D eigenvalue weighted by molar-refractivity contribution is 0.0724. The van der Waals surface area contributed by atoms with Crippen LogP contribution in [0.5, 0.6) is 5.75 Å². The van der Waals surface area contributed by atoms with Gasteiger partial charge in [0.1, 0.15) is 5.75 Å². The molecule has 32 heavy (non-hydrogen) atoms. The van der Waals surface area contributed by atoms with E-state index in [9.17, 15) is 4.79 Å². The normalized spacial score (nSPS) is 20.9. The number of hydrogen-bond donors (Lipinski definition) is 0. The number of piperidine rings is 1. The third-order valence-corrected chi connectivity index (χ3v) is 7.70. The molecule has 3 heterocycles. The molecule has 0 atom stereocenters. The van der Waals surface area contributed by atoms with Crippen LogP contribution in [0.4, 0.5) is 0 Å². The molecule has 0 N–H and O–H groups in total. The van der Waals surface area contributed by atoms with Crippen LogP contribution in [0.15, 0.2) is 36.4 Å². The van der Waals surface area contributed by atoms with E-state index in [-0.39, 0.29) is 5.91 Å². The Morgan fingerprint density at radius 1 is 0.938 bits per heavy atom. The van der Waals surface area contributed by atoms with Crippen LogP contribution in [0.1, 0.15) is 78.2 Å². The van der Waals surface area contributed by atoms with Gasteiger partial charge in [-0.15, -0.1) is 0 Å². The van der Waals surface area contributed by atoms with Crippen LogP contribution in [0, 0.1) is 0 Å². The predicted octanol–water partition coefficient (Wildman–Crippen LogP) is 4.80. The molecule has 0 bridgehead atoms. The highest BCUT2D eigenvalue weighted by Gasteiger charge is 2.30. The standard InChI is InChI=1S/C27H35N3O2/c1-32-23-9-7-20(8-10-23)19-30-18-15-26-24(27(30)31)11-12-25(28-26)21-13-16-29(17-14-21)22-5-3-2-4-6-22/h7-12,21-22H,2-6,13-19H2,1H3. The Morgan fingerprint density at radius 2 is 1.69 bits per heavy atom. The Balaban J connectivity index is 1.21. The Labute approximate surface area is 191 Å². The second-order valence-electron chi connectivity index (χ2n) is 9.66. The highest BCUT2D eigenvalue weighted by atomic mass is 16.5. The van der Waals surface area contributed by atoms with Gasteiger partial charge in [-0.05, 0) is 68.6 Å². The molecule has 5 heteroatoms. The summed E-state index contributed by atoms with van der Waals surface area (Å²) in [7, 11) is 1.67. The fourth-order valence-electron chi connectivity index (χ4n) is 5.75. The molecule has 1 saturated heterocycles. The van der Waals surface area contributed by atoms with Crippen molar-refractivity contribution in [3.05, 3.63) is 58.9 Å². The topological polar surface area (TPSA) is 45.7 Å². The van der Waals surface area contributed by atoms with Gasteiger partial charge in [0.2, 0.25) is 0 Å². The zero-order valence-corrected chi connectivity index (χ0v) is 19.3. The molecule has 1 aromatic heterocycles. The third kappa shape index (κ3) is 4.54. The third-order valence-electron chi connectivity index (χ3n) is 7.70. The molecule has 1 aliphatic carbocycles. The Hall–Kier alpha value is -2.40. The minimum Gasteiger partial charge on any atom is -0.497 e. The summed E-state index contributed by atoms with van der Waals surface area (Å²) in [5, 5.41) is 0. The number of carbonyl (C=O) groups excluding carboxylic acids is 1. The first-order chi connectivity index (χ1) is 15.7. The van der Waals surface area contributed by atoms with E-state index in [1.54, 1.807) is 7.11 Å². The number of benzene rings is 1. The number of hydrogen-bond acceptors (Lipinski definition) is 4. The number of fused-ring (bicyclic) bond motifs is 1. The number of aromatic nitrogens is 1. The second-order valence-corrected chi connectivity index (χ2v) is 9.66. The number of methoxy groups -OCH3 is 1. The second kappa shape index (κ2) is 9.62. The zero-order valence-electron chi connectivity index (χ0n) is 19.3. The van der Waals surface area contributed by atoms with Gasteiger partial charge in [0, 0.05) is 37.2 Å². The van der Waals surface area contributed by atoms with Gasteiger partial charge in [-0.3, -0.25) is 9.78 Å². The molecule has 0 radical (unpaired) electrons. The number of pyridine rings is 1. The average Bonchev–Trinajstić information content (AvgIpc) is 2.86. The largest absolute Gasteiger partial charge is 0.497 e. The molecule has 1 aromatic carbocycles. The van der Waals surface area contributed by atoms with E-state index in [0.717, 1.165) is 41.6 Å². The van der Waals surface area contributed by atoms with Gasteiger partial charge in [0.25, 0.3) is 5.91 Å². The fourth-order valence-corrected chi connectivity index (χ4v) is 5.75. The van der Waals surface area contributed by atoms with Gasteiger partial charge in [-0.1, -0.05) is 31.4 Å². The van der Waals surface area contributed by atoms with E-state index in [0.29, 0.717) is 12.5 Å². The zero-order chi connectivity index (χ0) is 21.9. The fraction of sp³-hybridized carbons (Fsp3) is 0.556. The van der Waals surface area contributed by atoms with Crippen LogP contribution in [0.25, 0.3) is 0 Å². The minimum atomic E-state index is 0.105. The van der Waals surface area contributed by atoms with Crippen molar-refractivity contribution in [2.24, 2.45) is 0 Å². The highest BCUT2D eigenvalue weighted by Crippen LogP contribution is 2.32. The highest BCUT2D eigenvalue weighted by molar-refractivity contribution is 5.96. The maximum Gasteiger partial charge on any atom is 0.256 e. The molecule has 5 rings (SSSR count). The van der Waals surface area contributed by atoms with E-state index >= 15 is 0 Å². The number of nitrogens with zero attached hydrogens (tertiary/aromatic N) is 3. The first kappa shape index (κ1) is 21.4. The summed E-state index contributed by atoms with van der Waals surface area (Å²) in [6.45, 7) is 3.75. The van der Waals surface area contributed by atoms with Gasteiger partial charge in [-0.25, -0.2) is 0 Å². The van der Waals surface area contributed by atoms with Crippen LogP contribution in [0.3, 0.4) is 0 Å². The molecule has 2 fully saturated rings. The molecule has 5 nitrogen and oxygen atoms in total. The molecular weight excluding hydrogens is 398 g/mol. The van der Waals surface area contributed by atoms with Crippen molar-refractivity contribution < 1.29 is 9.53 Å². The summed E-state index contributed by atoms with van der Waals surface area (Å²) < 4.78 is 5.23. The van der Waals surface area contributed by atoms with Gasteiger partial charge in [-0.2, -0.15) is 0 Å². The smallest absolute Gasteiger partial charge is 0.256 e. The van der Waals surface area contributed by atoms with Crippen molar-refractivity contribution in [1.82, 2.24) is 14.8 Å². The van der Waals surface area contributed by atoms with Crippen LogP contribution < -0.4 is 4.74 Å². The minimum absolute atomic E-state index is 0.105. The number of amides is 1. The van der Waals surface area contributed by atoms with Crippen molar-refractivity contribution in [3.63, 3.8) is 0 Å². The molecule has 1 saturated carbocycles. The summed E-state index contributed by atoms with van der Waals surface area (Å²) >= 11 is 0. The van der Waals surface area contributed by atoms with Gasteiger partial charge in [0.15, 0.2) is 0 Å². The van der Waals surface area contributed by atoms with Crippen LogP contribution in [-0.2, 0) is 13.0 Å². The number of rotatable bonds is 5. The van der Waals surface area contributed by atoms with Gasteiger partial charge in [0.05, 0.1) is 18.4 Å². The lowest BCUT2D eigenvalue weighted by Gasteiger charge is -2.39. The molecule has 170 valence electrons. The molecule has 3 aliphatic rings. The van der Waals surface area contributed by atoms with Crippen molar-refractivity contribution in [2.45, 2.75) is 69.9 Å². The molecular formula is C27H35N3O2. The maximum atomic E-state index is 13.1. The van der Waals surface area contributed by atoms with Gasteiger partial charge >= 0.3 is 0 Å². The quantitative estimate of drug-likeness (QED) is 0.679. The lowest BCUT2D eigenvalue weighted by Crippen LogP contribution is -2.42. The summed E-state index contributed by atoms with van der Waals surface area (Å²) in [4.78, 5) is 22.8. The monoisotopic (exact) mass is 433 g/mol. The van der Waals surface area contributed by atoms with Crippen molar-refractivity contribution in [1.29, 1.82) is 0 Å². The Morgan fingerprint density at radius 3 is 2.41 bits per heavy atom.